The van der Waals surface area contributed by atoms with Gasteiger partial charge in [0.15, 0.2) is 0 Å². The molecular weight excluding hydrogens is 131 g/mol. The van der Waals surface area contributed by atoms with Crippen LogP contribution in [-0.4, -0.2) is 7.85 Å². The second kappa shape index (κ2) is 8.16. The van der Waals surface area contributed by atoms with Crippen molar-refractivity contribution < 1.29 is 0 Å². The van der Waals surface area contributed by atoms with E-state index in [1.165, 1.54) is 38.5 Å². The maximum atomic E-state index is 5.47. The van der Waals surface area contributed by atoms with Crippen molar-refractivity contribution in [2.75, 3.05) is 0 Å². The first-order valence-corrected chi connectivity index (χ1v) is 5.05. The minimum Gasteiger partial charge on any atom is -0.0887 e. The zero-order chi connectivity index (χ0) is 8.53. The third kappa shape index (κ3) is 6.46. The van der Waals surface area contributed by atoms with Crippen LogP contribution in [0, 0.1) is 5.92 Å². The fourth-order valence-electron chi connectivity index (χ4n) is 1.66. The molecule has 0 atom stereocenters. The maximum absolute atomic E-state index is 5.47. The summed E-state index contributed by atoms with van der Waals surface area (Å²) < 4.78 is 0. The summed E-state index contributed by atoms with van der Waals surface area (Å²) in [5, 5.41) is 0. The number of hydrogen-bond acceptors (Lipinski definition) is 0. The van der Waals surface area contributed by atoms with Gasteiger partial charge in [-0.2, -0.15) is 0 Å². The normalized spacial score (nSPS) is 10.8. The van der Waals surface area contributed by atoms with Crippen LogP contribution in [0.2, 0.25) is 6.32 Å². The lowest BCUT2D eigenvalue weighted by atomic mass is 9.89. The third-order valence-electron chi connectivity index (χ3n) is 2.21. The average Bonchev–Trinajstić information content (AvgIpc) is 2.01. The summed E-state index contributed by atoms with van der Waals surface area (Å²) in [4.78, 5) is 0. The van der Waals surface area contributed by atoms with Crippen molar-refractivity contribution in [2.45, 2.75) is 58.7 Å². The van der Waals surface area contributed by atoms with E-state index in [4.69, 9.17) is 7.85 Å². The highest BCUT2D eigenvalue weighted by molar-refractivity contribution is 6.08. The monoisotopic (exact) mass is 152 g/mol. The number of rotatable bonds is 7. The molecule has 0 aliphatic rings. The molecule has 0 aromatic carbocycles. The Balaban J connectivity index is 3.34. The van der Waals surface area contributed by atoms with E-state index >= 15 is 0 Å². The van der Waals surface area contributed by atoms with Gasteiger partial charge in [0.2, 0.25) is 0 Å². The van der Waals surface area contributed by atoms with Gasteiger partial charge in [0.1, 0.15) is 0 Å². The summed E-state index contributed by atoms with van der Waals surface area (Å²) in [5.41, 5.74) is 0. The maximum Gasteiger partial charge on any atom is 0.0653 e. The average molecular weight is 152 g/mol. The van der Waals surface area contributed by atoms with Crippen LogP contribution in [0.25, 0.3) is 0 Å². The van der Waals surface area contributed by atoms with Gasteiger partial charge in [0, 0.05) is 0 Å². The summed E-state index contributed by atoms with van der Waals surface area (Å²) in [6.45, 7) is 4.54. The largest absolute Gasteiger partial charge is 0.0887 e. The molecule has 0 heterocycles. The zero-order valence-electron chi connectivity index (χ0n) is 8.10. The lowest BCUT2D eigenvalue weighted by molar-refractivity contribution is 0.407. The van der Waals surface area contributed by atoms with Crippen LogP contribution >= 0.6 is 0 Å². The van der Waals surface area contributed by atoms with Crippen molar-refractivity contribution in [2.24, 2.45) is 5.92 Å². The Morgan fingerprint density at radius 2 is 1.55 bits per heavy atom. The van der Waals surface area contributed by atoms with Crippen molar-refractivity contribution >= 4 is 7.85 Å². The molecule has 0 nitrogen and oxygen atoms in total. The Bertz CT molecular complexity index is 65.3. The van der Waals surface area contributed by atoms with Crippen LogP contribution in [0.5, 0.6) is 0 Å². The molecule has 0 aromatic heterocycles. The molecule has 0 aliphatic carbocycles. The van der Waals surface area contributed by atoms with Crippen molar-refractivity contribution in [1.29, 1.82) is 0 Å². The number of hydrogen-bond donors (Lipinski definition) is 0. The predicted molar refractivity (Wildman–Crippen MR) is 53.1 cm³/mol. The molecule has 0 aromatic rings. The third-order valence-corrected chi connectivity index (χ3v) is 2.21. The lowest BCUT2D eigenvalue weighted by Crippen LogP contribution is -1.99. The minimum absolute atomic E-state index is 0.865. The Kier molecular flexibility index (Phi) is 8.21. The van der Waals surface area contributed by atoms with Crippen LogP contribution in [0.15, 0.2) is 0 Å². The van der Waals surface area contributed by atoms with Gasteiger partial charge < -0.3 is 0 Å². The molecular formula is C10H21B. The van der Waals surface area contributed by atoms with E-state index in [1.54, 1.807) is 0 Å². The first kappa shape index (κ1) is 11.1. The van der Waals surface area contributed by atoms with Crippen LogP contribution in [0.4, 0.5) is 0 Å². The van der Waals surface area contributed by atoms with E-state index < -0.39 is 0 Å². The Morgan fingerprint density at radius 1 is 1.00 bits per heavy atom. The Morgan fingerprint density at radius 3 is 1.91 bits per heavy atom. The lowest BCUT2D eigenvalue weighted by Gasteiger charge is -2.13. The smallest absolute Gasteiger partial charge is 0.0653 e. The van der Waals surface area contributed by atoms with Gasteiger partial charge in [-0.05, 0) is 5.92 Å². The Labute approximate surface area is 73.2 Å². The fourth-order valence-corrected chi connectivity index (χ4v) is 1.66. The van der Waals surface area contributed by atoms with Gasteiger partial charge in [0.25, 0.3) is 0 Å². The van der Waals surface area contributed by atoms with Crippen molar-refractivity contribution in [3.8, 4) is 0 Å². The van der Waals surface area contributed by atoms with Crippen LogP contribution < -0.4 is 0 Å². The second-order valence-electron chi connectivity index (χ2n) is 3.37. The van der Waals surface area contributed by atoms with Crippen LogP contribution in [-0.2, 0) is 0 Å². The first-order chi connectivity index (χ1) is 5.35. The SMILES string of the molecule is [B]CCCC(CCC)CCC. The van der Waals surface area contributed by atoms with Gasteiger partial charge in [-0.15, -0.1) is 0 Å². The molecule has 64 valence electrons. The van der Waals surface area contributed by atoms with E-state index in [0.717, 1.165) is 12.2 Å². The van der Waals surface area contributed by atoms with E-state index in [1.807, 2.05) is 0 Å². The van der Waals surface area contributed by atoms with Crippen molar-refractivity contribution in [1.82, 2.24) is 0 Å². The molecule has 0 aliphatic heterocycles. The molecule has 0 saturated heterocycles. The molecule has 0 unspecified atom stereocenters. The molecule has 0 fully saturated rings. The summed E-state index contributed by atoms with van der Waals surface area (Å²) in [5.74, 6) is 0.952. The molecule has 1 heteroatoms. The summed E-state index contributed by atoms with van der Waals surface area (Å²) in [7, 11) is 5.47. The van der Waals surface area contributed by atoms with Gasteiger partial charge in [-0.3, -0.25) is 0 Å². The summed E-state index contributed by atoms with van der Waals surface area (Å²) in [6, 6.07) is 0. The van der Waals surface area contributed by atoms with Crippen molar-refractivity contribution in [3.63, 3.8) is 0 Å². The highest BCUT2D eigenvalue weighted by Gasteiger charge is 2.04. The Hall–Kier alpha value is 0.0649. The van der Waals surface area contributed by atoms with Gasteiger partial charge >= 0.3 is 0 Å². The van der Waals surface area contributed by atoms with E-state index in [0.29, 0.717) is 0 Å². The molecule has 0 saturated carbocycles. The minimum atomic E-state index is 0.865. The van der Waals surface area contributed by atoms with Crippen LogP contribution in [0.1, 0.15) is 52.4 Å². The first-order valence-electron chi connectivity index (χ1n) is 5.05. The van der Waals surface area contributed by atoms with Gasteiger partial charge in [0.05, 0.1) is 7.85 Å². The highest BCUT2D eigenvalue weighted by Crippen LogP contribution is 2.19. The van der Waals surface area contributed by atoms with Crippen molar-refractivity contribution in [3.05, 3.63) is 0 Å². The second-order valence-corrected chi connectivity index (χ2v) is 3.37. The predicted octanol–water partition coefficient (Wildman–Crippen LogP) is 3.57. The van der Waals surface area contributed by atoms with Gasteiger partial charge in [-0.1, -0.05) is 58.7 Å². The van der Waals surface area contributed by atoms with E-state index in [2.05, 4.69) is 13.8 Å². The van der Waals surface area contributed by atoms with Gasteiger partial charge in [-0.25, -0.2) is 0 Å². The van der Waals surface area contributed by atoms with Crippen LogP contribution in [0.3, 0.4) is 0 Å². The standard InChI is InChI=1S/C10H21B/c1-3-6-10(7-4-2)8-5-9-11/h10H,3-9H2,1-2H3. The molecule has 0 bridgehead atoms. The quantitative estimate of drug-likeness (QED) is 0.489. The highest BCUT2D eigenvalue weighted by atomic mass is 14.1. The van der Waals surface area contributed by atoms with E-state index in [9.17, 15) is 0 Å². The summed E-state index contributed by atoms with van der Waals surface area (Å²) >= 11 is 0. The molecule has 0 spiro atoms. The zero-order valence-corrected chi connectivity index (χ0v) is 8.10. The molecule has 2 radical (unpaired) electrons. The van der Waals surface area contributed by atoms with E-state index in [-0.39, 0.29) is 0 Å². The topological polar surface area (TPSA) is 0 Å². The fraction of sp³-hybridized carbons (Fsp3) is 1.00. The molecule has 0 amide bonds. The molecule has 0 N–H and O–H groups in total. The molecule has 0 rings (SSSR count). The summed E-state index contributed by atoms with van der Waals surface area (Å²) in [6.07, 6.45) is 8.87. The molecule has 11 heavy (non-hydrogen) atoms.